The molecule has 0 radical (unpaired) electrons. The number of aromatic nitrogens is 1. The van der Waals surface area contributed by atoms with E-state index in [1.54, 1.807) is 6.92 Å². The van der Waals surface area contributed by atoms with E-state index < -0.39 is 10.5 Å². The second-order valence-corrected chi connectivity index (χ2v) is 5.59. The van der Waals surface area contributed by atoms with E-state index in [1.165, 1.54) is 22.8 Å². The van der Waals surface area contributed by atoms with Gasteiger partial charge in [0.2, 0.25) is 5.75 Å². The number of ether oxygens (including phenoxy) is 1. The number of fused-ring (bicyclic) bond motifs is 1. The number of nitrogens with zero attached hydrogens (tertiary/aromatic N) is 2. The highest BCUT2D eigenvalue weighted by Gasteiger charge is 2.19. The van der Waals surface area contributed by atoms with Gasteiger partial charge in [0.1, 0.15) is 0 Å². The molecular weight excluding hydrogens is 312 g/mol. The summed E-state index contributed by atoms with van der Waals surface area (Å²) >= 11 is 0. The number of unbranched alkanes of at least 4 members (excludes halogenated alkanes) is 3. The highest BCUT2D eigenvalue weighted by Crippen LogP contribution is 2.33. The maximum absolute atomic E-state index is 12.5. The van der Waals surface area contributed by atoms with E-state index in [0.717, 1.165) is 25.7 Å². The minimum absolute atomic E-state index is 0.0882. The predicted molar refractivity (Wildman–Crippen MR) is 91.8 cm³/mol. The lowest BCUT2D eigenvalue weighted by atomic mass is 10.1. The number of pyridine rings is 1. The van der Waals surface area contributed by atoms with Gasteiger partial charge in [-0.1, -0.05) is 26.2 Å². The van der Waals surface area contributed by atoms with Crippen molar-refractivity contribution in [1.82, 2.24) is 4.57 Å². The van der Waals surface area contributed by atoms with Crippen LogP contribution >= 0.6 is 0 Å². The summed E-state index contributed by atoms with van der Waals surface area (Å²) in [6.45, 7) is 4.55. The smallest absolute Gasteiger partial charge is 0.297 e. The molecule has 130 valence electrons. The number of non-ortho nitro benzene ring substituents is 1. The van der Waals surface area contributed by atoms with Crippen molar-refractivity contribution in [3.8, 4) is 11.5 Å². The molecule has 0 atom stereocenters. The van der Waals surface area contributed by atoms with Gasteiger partial charge in [-0.05, 0) is 19.4 Å². The van der Waals surface area contributed by atoms with Crippen LogP contribution in [0, 0.1) is 10.1 Å². The summed E-state index contributed by atoms with van der Waals surface area (Å²) in [6.07, 6.45) is 3.99. The van der Waals surface area contributed by atoms with Crippen molar-refractivity contribution < 1.29 is 14.8 Å². The molecule has 7 nitrogen and oxygen atoms in total. The van der Waals surface area contributed by atoms with Crippen LogP contribution < -0.4 is 10.3 Å². The summed E-state index contributed by atoms with van der Waals surface area (Å²) in [5.74, 6) is -0.347. The van der Waals surface area contributed by atoms with Crippen LogP contribution in [0.5, 0.6) is 11.5 Å². The number of aryl methyl sites for hydroxylation is 1. The Kier molecular flexibility index (Phi) is 5.78. The second-order valence-electron chi connectivity index (χ2n) is 5.59. The van der Waals surface area contributed by atoms with Crippen LogP contribution in [0.2, 0.25) is 0 Å². The van der Waals surface area contributed by atoms with Crippen molar-refractivity contribution in [2.45, 2.75) is 46.1 Å². The topological polar surface area (TPSA) is 94.6 Å². The maximum atomic E-state index is 12.5. The van der Waals surface area contributed by atoms with Gasteiger partial charge in [-0.3, -0.25) is 14.9 Å². The number of nitro groups is 1. The van der Waals surface area contributed by atoms with Crippen molar-refractivity contribution in [1.29, 1.82) is 0 Å². The average molecular weight is 334 g/mol. The van der Waals surface area contributed by atoms with Crippen LogP contribution in [0.4, 0.5) is 5.69 Å². The molecule has 0 saturated carbocycles. The fourth-order valence-electron chi connectivity index (χ4n) is 2.66. The van der Waals surface area contributed by atoms with Crippen LogP contribution in [-0.2, 0) is 6.54 Å². The van der Waals surface area contributed by atoms with E-state index >= 15 is 0 Å². The molecule has 0 amide bonds. The van der Waals surface area contributed by atoms with E-state index in [4.69, 9.17) is 4.74 Å². The number of aromatic hydroxyl groups is 1. The van der Waals surface area contributed by atoms with Gasteiger partial charge in [-0.15, -0.1) is 0 Å². The summed E-state index contributed by atoms with van der Waals surface area (Å²) in [7, 11) is 0. The summed E-state index contributed by atoms with van der Waals surface area (Å²) in [5, 5.41) is 21.7. The third kappa shape index (κ3) is 3.50. The standard InChI is InChI=1S/C17H22N2O5/c1-3-5-6-7-10-24-16-15(20)13-9-8-12(19(22)23)11-14(13)18(4-2)17(16)21/h8-9,11,20H,3-7,10H2,1-2H3. The Labute approximate surface area is 139 Å². The minimum Gasteiger partial charge on any atom is -0.504 e. The third-order valence-corrected chi connectivity index (χ3v) is 3.95. The van der Waals surface area contributed by atoms with Crippen LogP contribution in [0.15, 0.2) is 23.0 Å². The molecule has 0 fully saturated rings. The van der Waals surface area contributed by atoms with Gasteiger partial charge in [0.05, 0.1) is 17.0 Å². The molecule has 24 heavy (non-hydrogen) atoms. The summed E-state index contributed by atoms with van der Waals surface area (Å²) in [5.41, 5.74) is -0.275. The van der Waals surface area contributed by atoms with Gasteiger partial charge in [0, 0.05) is 24.1 Å². The number of hydrogen-bond acceptors (Lipinski definition) is 5. The molecule has 0 unspecified atom stereocenters. The quantitative estimate of drug-likeness (QED) is 0.452. The highest BCUT2D eigenvalue weighted by molar-refractivity contribution is 5.89. The Balaban J connectivity index is 2.44. The fraction of sp³-hybridized carbons (Fsp3) is 0.471. The number of hydrogen-bond donors (Lipinski definition) is 1. The maximum Gasteiger partial charge on any atom is 0.297 e. The molecule has 2 aromatic rings. The number of benzene rings is 1. The van der Waals surface area contributed by atoms with Gasteiger partial charge in [-0.25, -0.2) is 0 Å². The van der Waals surface area contributed by atoms with Gasteiger partial charge in [-0.2, -0.15) is 0 Å². The molecule has 2 rings (SSSR count). The Morgan fingerprint density at radius 3 is 2.62 bits per heavy atom. The van der Waals surface area contributed by atoms with Crippen LogP contribution in [0.25, 0.3) is 10.9 Å². The monoisotopic (exact) mass is 334 g/mol. The fourth-order valence-corrected chi connectivity index (χ4v) is 2.66. The van der Waals surface area contributed by atoms with E-state index in [1.807, 2.05) is 0 Å². The van der Waals surface area contributed by atoms with E-state index in [0.29, 0.717) is 24.1 Å². The summed E-state index contributed by atoms with van der Waals surface area (Å²) in [4.78, 5) is 23.0. The first-order valence-electron chi connectivity index (χ1n) is 8.17. The van der Waals surface area contributed by atoms with Crippen molar-refractivity contribution in [2.75, 3.05) is 6.61 Å². The summed E-state index contributed by atoms with van der Waals surface area (Å²) < 4.78 is 6.90. The Bertz CT molecular complexity index is 798. The Morgan fingerprint density at radius 1 is 1.25 bits per heavy atom. The lowest BCUT2D eigenvalue weighted by Crippen LogP contribution is -2.22. The van der Waals surface area contributed by atoms with E-state index in [9.17, 15) is 20.0 Å². The Morgan fingerprint density at radius 2 is 2.00 bits per heavy atom. The van der Waals surface area contributed by atoms with Gasteiger partial charge >= 0.3 is 0 Å². The van der Waals surface area contributed by atoms with Crippen molar-refractivity contribution >= 4 is 16.6 Å². The summed E-state index contributed by atoms with van der Waals surface area (Å²) in [6, 6.07) is 4.04. The highest BCUT2D eigenvalue weighted by atomic mass is 16.6. The molecule has 1 aromatic heterocycles. The van der Waals surface area contributed by atoms with E-state index in [-0.39, 0.29) is 17.2 Å². The molecule has 1 N–H and O–H groups in total. The normalized spacial score (nSPS) is 10.9. The molecule has 0 bridgehead atoms. The lowest BCUT2D eigenvalue weighted by Gasteiger charge is -2.14. The first-order valence-corrected chi connectivity index (χ1v) is 8.17. The van der Waals surface area contributed by atoms with Gasteiger partial charge < -0.3 is 14.4 Å². The zero-order valence-electron chi connectivity index (χ0n) is 13.9. The lowest BCUT2D eigenvalue weighted by molar-refractivity contribution is -0.384. The second kappa shape index (κ2) is 7.81. The van der Waals surface area contributed by atoms with Crippen molar-refractivity contribution in [3.05, 3.63) is 38.7 Å². The average Bonchev–Trinajstić information content (AvgIpc) is 2.57. The first kappa shape index (κ1) is 17.8. The molecule has 0 aliphatic rings. The minimum atomic E-state index is -0.529. The van der Waals surface area contributed by atoms with Crippen molar-refractivity contribution in [3.63, 3.8) is 0 Å². The SMILES string of the molecule is CCCCCCOc1c(O)c2ccc([N+](=O)[O-])cc2n(CC)c1=O. The zero-order valence-corrected chi connectivity index (χ0v) is 13.9. The molecular formula is C17H22N2O5. The Hall–Kier alpha value is -2.57. The molecule has 7 heteroatoms. The van der Waals surface area contributed by atoms with Gasteiger partial charge in [0.15, 0.2) is 5.75 Å². The zero-order chi connectivity index (χ0) is 17.7. The van der Waals surface area contributed by atoms with Crippen LogP contribution in [-0.4, -0.2) is 21.2 Å². The van der Waals surface area contributed by atoms with E-state index in [2.05, 4.69) is 6.92 Å². The van der Waals surface area contributed by atoms with Crippen molar-refractivity contribution in [2.24, 2.45) is 0 Å². The molecule has 0 spiro atoms. The van der Waals surface area contributed by atoms with Crippen LogP contribution in [0.3, 0.4) is 0 Å². The molecule has 0 aliphatic carbocycles. The molecule has 0 aliphatic heterocycles. The van der Waals surface area contributed by atoms with Crippen LogP contribution in [0.1, 0.15) is 39.5 Å². The first-order chi connectivity index (χ1) is 11.5. The van der Waals surface area contributed by atoms with Gasteiger partial charge in [0.25, 0.3) is 11.2 Å². The molecule has 0 saturated heterocycles. The largest absolute Gasteiger partial charge is 0.504 e. The molecule has 1 aromatic carbocycles. The predicted octanol–water partition coefficient (Wildman–Crippen LogP) is 3.59. The number of nitro benzene ring substituents is 1. The third-order valence-electron chi connectivity index (χ3n) is 3.95. The number of rotatable bonds is 8. The molecule has 1 heterocycles.